The lowest BCUT2D eigenvalue weighted by atomic mass is 10.0. The van der Waals surface area contributed by atoms with E-state index in [2.05, 4.69) is 16.8 Å². The smallest absolute Gasteiger partial charge is 0.332 e. The van der Waals surface area contributed by atoms with Crippen LogP contribution in [0.2, 0.25) is 0 Å². The largest absolute Gasteiger partial charge is 0.463 e. The zero-order valence-electron chi connectivity index (χ0n) is 16.5. The number of carbonyl (C=O) groups is 2. The van der Waals surface area contributed by atoms with Crippen LogP contribution >= 0.6 is 0 Å². The van der Waals surface area contributed by atoms with Crippen molar-refractivity contribution >= 4 is 11.9 Å². The molecule has 0 spiro atoms. The van der Waals surface area contributed by atoms with Gasteiger partial charge in [-0.3, -0.25) is 0 Å². The van der Waals surface area contributed by atoms with Crippen molar-refractivity contribution in [3.05, 3.63) is 24.4 Å². The van der Waals surface area contributed by atoms with Gasteiger partial charge in [-0.15, -0.1) is 0 Å². The molecule has 1 aliphatic heterocycles. The summed E-state index contributed by atoms with van der Waals surface area (Å²) in [5.41, 5.74) is 0. The summed E-state index contributed by atoms with van der Waals surface area (Å²) in [4.78, 5) is 27.3. The van der Waals surface area contributed by atoms with Crippen molar-refractivity contribution < 1.29 is 19.1 Å². The first-order valence-electron chi connectivity index (χ1n) is 9.57. The SMILES string of the molecule is C/C=C/C(=O)OCCCCCCOC(=O)/C=C/N(C)C1CCN(C)CC1. The molecule has 0 N–H and O–H groups in total. The number of likely N-dealkylation sites (tertiary alicyclic amines) is 1. The van der Waals surface area contributed by atoms with Crippen molar-refractivity contribution in [2.24, 2.45) is 0 Å². The van der Waals surface area contributed by atoms with Gasteiger partial charge in [-0.1, -0.05) is 6.08 Å². The topological polar surface area (TPSA) is 59.1 Å². The third kappa shape index (κ3) is 10.2. The summed E-state index contributed by atoms with van der Waals surface area (Å²) in [6.07, 6.45) is 12.2. The predicted molar refractivity (Wildman–Crippen MR) is 103 cm³/mol. The van der Waals surface area contributed by atoms with Gasteiger partial charge in [-0.2, -0.15) is 0 Å². The molecule has 0 amide bonds. The molecule has 1 heterocycles. The van der Waals surface area contributed by atoms with E-state index in [-0.39, 0.29) is 11.9 Å². The van der Waals surface area contributed by atoms with Crippen LogP contribution < -0.4 is 0 Å². The lowest BCUT2D eigenvalue weighted by Crippen LogP contribution is -2.39. The van der Waals surface area contributed by atoms with Crippen LogP contribution in [0.5, 0.6) is 0 Å². The molecule has 0 aliphatic carbocycles. The summed E-state index contributed by atoms with van der Waals surface area (Å²) >= 11 is 0. The minimum absolute atomic E-state index is 0.287. The first kappa shape index (κ1) is 22.2. The highest BCUT2D eigenvalue weighted by Gasteiger charge is 2.18. The summed E-state index contributed by atoms with van der Waals surface area (Å²) in [7, 11) is 4.16. The minimum Gasteiger partial charge on any atom is -0.463 e. The Kier molecular flexibility index (Phi) is 11.4. The van der Waals surface area contributed by atoms with E-state index in [0.717, 1.165) is 51.6 Å². The fraction of sp³-hybridized carbons (Fsp3) is 0.700. The second kappa shape index (κ2) is 13.4. The normalized spacial score (nSPS) is 16.3. The highest BCUT2D eigenvalue weighted by molar-refractivity contribution is 5.82. The molecule has 0 aromatic carbocycles. The Morgan fingerprint density at radius 3 is 2.08 bits per heavy atom. The monoisotopic (exact) mass is 366 g/mol. The zero-order chi connectivity index (χ0) is 19.2. The van der Waals surface area contributed by atoms with Crippen LogP contribution in [-0.2, 0) is 19.1 Å². The number of rotatable bonds is 11. The lowest BCUT2D eigenvalue weighted by molar-refractivity contribution is -0.139. The Morgan fingerprint density at radius 2 is 1.54 bits per heavy atom. The summed E-state index contributed by atoms with van der Waals surface area (Å²) in [6, 6.07) is 0.497. The molecule has 1 rings (SSSR count). The molecule has 1 saturated heterocycles. The van der Waals surface area contributed by atoms with Gasteiger partial charge in [-0.05, 0) is 65.6 Å². The Balaban J connectivity index is 2.01. The third-order valence-electron chi connectivity index (χ3n) is 4.54. The van der Waals surface area contributed by atoms with Crippen molar-refractivity contribution in [2.45, 2.75) is 51.5 Å². The van der Waals surface area contributed by atoms with Gasteiger partial charge >= 0.3 is 11.9 Å². The number of ether oxygens (including phenoxy) is 2. The van der Waals surface area contributed by atoms with E-state index in [1.165, 1.54) is 12.2 Å². The number of esters is 2. The van der Waals surface area contributed by atoms with Crippen molar-refractivity contribution in [1.82, 2.24) is 9.80 Å². The highest BCUT2D eigenvalue weighted by Crippen LogP contribution is 2.14. The second-order valence-corrected chi connectivity index (χ2v) is 6.76. The Morgan fingerprint density at radius 1 is 1.00 bits per heavy atom. The van der Waals surface area contributed by atoms with E-state index in [0.29, 0.717) is 19.3 Å². The van der Waals surface area contributed by atoms with Crippen LogP contribution in [0, 0.1) is 0 Å². The molecule has 26 heavy (non-hydrogen) atoms. The molecule has 1 fully saturated rings. The van der Waals surface area contributed by atoms with Crippen molar-refractivity contribution in [2.75, 3.05) is 40.4 Å². The number of carbonyl (C=O) groups excluding carboxylic acids is 2. The van der Waals surface area contributed by atoms with E-state index in [1.54, 1.807) is 13.0 Å². The summed E-state index contributed by atoms with van der Waals surface area (Å²) in [5.74, 6) is -0.580. The molecule has 0 bridgehead atoms. The van der Waals surface area contributed by atoms with E-state index in [4.69, 9.17) is 9.47 Å². The molecule has 148 valence electrons. The molecule has 0 atom stereocenters. The van der Waals surface area contributed by atoms with Crippen LogP contribution in [0.25, 0.3) is 0 Å². The summed E-state index contributed by atoms with van der Waals surface area (Å²) in [5, 5.41) is 0. The number of hydrogen-bond donors (Lipinski definition) is 0. The van der Waals surface area contributed by atoms with Gasteiger partial charge in [0.25, 0.3) is 0 Å². The van der Waals surface area contributed by atoms with Crippen LogP contribution in [0.4, 0.5) is 0 Å². The molecule has 1 aliphatic rings. The van der Waals surface area contributed by atoms with Gasteiger partial charge in [-0.25, -0.2) is 9.59 Å². The maximum atomic E-state index is 11.7. The first-order chi connectivity index (χ1) is 12.5. The minimum atomic E-state index is -0.293. The van der Waals surface area contributed by atoms with Gasteiger partial charge in [0, 0.05) is 31.4 Å². The molecule has 0 saturated carbocycles. The quantitative estimate of drug-likeness (QED) is 0.318. The molecule has 0 aromatic rings. The van der Waals surface area contributed by atoms with Crippen molar-refractivity contribution in [3.8, 4) is 0 Å². The van der Waals surface area contributed by atoms with E-state index in [9.17, 15) is 9.59 Å². The number of piperidine rings is 1. The predicted octanol–water partition coefficient (Wildman–Crippen LogP) is 2.75. The van der Waals surface area contributed by atoms with Crippen LogP contribution in [0.15, 0.2) is 24.4 Å². The second-order valence-electron chi connectivity index (χ2n) is 6.76. The Bertz CT molecular complexity index is 468. The number of hydrogen-bond acceptors (Lipinski definition) is 6. The number of allylic oxidation sites excluding steroid dienone is 1. The van der Waals surface area contributed by atoms with Crippen LogP contribution in [-0.4, -0.2) is 68.2 Å². The summed E-state index contributed by atoms with van der Waals surface area (Å²) < 4.78 is 10.2. The van der Waals surface area contributed by atoms with E-state index < -0.39 is 0 Å². The fourth-order valence-electron chi connectivity index (χ4n) is 2.84. The molecule has 0 unspecified atom stereocenters. The Labute approximate surface area is 157 Å². The maximum Gasteiger partial charge on any atom is 0.332 e. The number of nitrogens with zero attached hydrogens (tertiary/aromatic N) is 2. The van der Waals surface area contributed by atoms with Gasteiger partial charge in [0.05, 0.1) is 13.2 Å². The average molecular weight is 367 g/mol. The highest BCUT2D eigenvalue weighted by atomic mass is 16.5. The van der Waals surface area contributed by atoms with Gasteiger partial charge < -0.3 is 19.3 Å². The van der Waals surface area contributed by atoms with E-state index in [1.807, 2.05) is 13.2 Å². The molecule has 6 nitrogen and oxygen atoms in total. The lowest BCUT2D eigenvalue weighted by Gasteiger charge is -2.34. The standard InChI is InChI=1S/C20H34N2O4/c1-4-9-19(23)25-16-7-5-6-8-17-26-20(24)12-15-22(3)18-10-13-21(2)14-11-18/h4,9,12,15,18H,5-8,10-11,13-14,16-17H2,1-3H3/b9-4+,15-12+. The van der Waals surface area contributed by atoms with Crippen molar-refractivity contribution in [3.63, 3.8) is 0 Å². The molecule has 0 radical (unpaired) electrons. The fourth-order valence-corrected chi connectivity index (χ4v) is 2.84. The van der Waals surface area contributed by atoms with Gasteiger partial charge in [0.1, 0.15) is 0 Å². The zero-order valence-corrected chi connectivity index (χ0v) is 16.5. The van der Waals surface area contributed by atoms with Crippen LogP contribution in [0.1, 0.15) is 45.4 Å². The average Bonchev–Trinajstić information content (AvgIpc) is 2.62. The van der Waals surface area contributed by atoms with Crippen LogP contribution in [0.3, 0.4) is 0 Å². The first-order valence-corrected chi connectivity index (χ1v) is 9.57. The van der Waals surface area contributed by atoms with E-state index >= 15 is 0 Å². The molecular formula is C20H34N2O4. The number of unbranched alkanes of at least 4 members (excludes halogenated alkanes) is 3. The maximum absolute atomic E-state index is 11.7. The van der Waals surface area contributed by atoms with Gasteiger partial charge in [0.2, 0.25) is 0 Å². The molecule has 6 heteroatoms. The van der Waals surface area contributed by atoms with Crippen molar-refractivity contribution in [1.29, 1.82) is 0 Å². The summed E-state index contributed by atoms with van der Waals surface area (Å²) in [6.45, 7) is 4.85. The molecular weight excluding hydrogens is 332 g/mol. The Hall–Kier alpha value is -1.82. The van der Waals surface area contributed by atoms with Gasteiger partial charge in [0.15, 0.2) is 0 Å². The molecule has 0 aromatic heterocycles. The third-order valence-corrected chi connectivity index (χ3v) is 4.54.